The molecule has 0 atom stereocenters. The lowest BCUT2D eigenvalue weighted by molar-refractivity contribution is -0.0621. The summed E-state index contributed by atoms with van der Waals surface area (Å²) in [5, 5.41) is 9.09. The van der Waals surface area contributed by atoms with E-state index < -0.39 is 23.8 Å². The van der Waals surface area contributed by atoms with Gasteiger partial charge in [0.2, 0.25) is 5.95 Å². The molecule has 2 aliphatic heterocycles. The molecule has 0 bridgehead atoms. The number of nitrogens with zero attached hydrogens (tertiary/aromatic N) is 5. The molecule has 1 aromatic heterocycles. The zero-order valence-corrected chi connectivity index (χ0v) is 19.5. The van der Waals surface area contributed by atoms with Crippen molar-refractivity contribution in [2.45, 2.75) is 32.1 Å². The van der Waals surface area contributed by atoms with E-state index in [-0.39, 0.29) is 36.8 Å². The van der Waals surface area contributed by atoms with Crippen LogP contribution in [0.25, 0.3) is 0 Å². The van der Waals surface area contributed by atoms with Crippen LogP contribution in [-0.2, 0) is 32.1 Å². The van der Waals surface area contributed by atoms with Crippen molar-refractivity contribution in [2.75, 3.05) is 18.0 Å². The van der Waals surface area contributed by atoms with Crippen molar-refractivity contribution < 1.29 is 13.2 Å². The van der Waals surface area contributed by atoms with E-state index >= 15 is 8.78 Å². The minimum Gasteiger partial charge on any atom is -0.336 e. The van der Waals surface area contributed by atoms with Crippen LogP contribution in [0.1, 0.15) is 27.9 Å². The van der Waals surface area contributed by atoms with Crippen molar-refractivity contribution in [1.82, 2.24) is 14.5 Å². The van der Waals surface area contributed by atoms with Crippen molar-refractivity contribution >= 4 is 21.9 Å². The van der Waals surface area contributed by atoms with Crippen molar-refractivity contribution in [3.05, 3.63) is 91.1 Å². The molecule has 0 unspecified atom stereocenters. The van der Waals surface area contributed by atoms with E-state index in [0.29, 0.717) is 23.1 Å². The van der Waals surface area contributed by atoms with Gasteiger partial charge in [-0.05, 0) is 51.3 Å². The molecule has 174 valence electrons. The molecule has 0 N–H and O–H groups in total. The maximum absolute atomic E-state index is 15.4. The maximum atomic E-state index is 15.4. The number of nitriles is 1. The van der Waals surface area contributed by atoms with Crippen LogP contribution in [0.15, 0.2) is 51.7 Å². The first-order valence-corrected chi connectivity index (χ1v) is 11.5. The number of alkyl halides is 2. The van der Waals surface area contributed by atoms with Crippen LogP contribution in [0.5, 0.6) is 0 Å². The average molecular weight is 530 g/mol. The predicted octanol–water partition coefficient (Wildman–Crippen LogP) is 4.14. The summed E-state index contributed by atoms with van der Waals surface area (Å²) in [6.07, 6.45) is 0. The van der Waals surface area contributed by atoms with Gasteiger partial charge in [-0.2, -0.15) is 19.0 Å². The Morgan fingerprint density at radius 3 is 2.68 bits per heavy atom. The standard InChI is InChI=1S/C24H19BrF3N5O/c25-19-9-17(4-5-20(19)26)12-32-6-7-33-21-18(22(34)30-23(32)33)13-31(14-24(21,27)28)11-16-3-1-2-15(8-16)10-29/h1-5,8-9H,6-7,11-14H2. The van der Waals surface area contributed by atoms with Crippen molar-refractivity contribution in [3.63, 3.8) is 0 Å². The minimum absolute atomic E-state index is 0.00261. The molecule has 0 saturated heterocycles. The van der Waals surface area contributed by atoms with Gasteiger partial charge in [-0.1, -0.05) is 18.2 Å². The number of aromatic nitrogens is 2. The summed E-state index contributed by atoms with van der Waals surface area (Å²) < 4.78 is 46.2. The zero-order chi connectivity index (χ0) is 24.0. The lowest BCUT2D eigenvalue weighted by Crippen LogP contribution is -2.45. The van der Waals surface area contributed by atoms with Crippen LogP contribution in [0.3, 0.4) is 0 Å². The smallest absolute Gasteiger partial charge is 0.300 e. The van der Waals surface area contributed by atoms with Gasteiger partial charge >= 0.3 is 5.92 Å². The Balaban J connectivity index is 1.45. The third-order valence-corrected chi connectivity index (χ3v) is 6.71. The second-order valence-electron chi connectivity index (χ2n) is 8.53. The van der Waals surface area contributed by atoms with Gasteiger partial charge in [0.05, 0.1) is 28.2 Å². The summed E-state index contributed by atoms with van der Waals surface area (Å²) in [5.74, 6) is -3.43. The predicted molar refractivity (Wildman–Crippen MR) is 123 cm³/mol. The van der Waals surface area contributed by atoms with Crippen LogP contribution >= 0.6 is 15.9 Å². The molecule has 10 heteroatoms. The molecule has 2 aromatic carbocycles. The molecule has 0 spiro atoms. The fourth-order valence-corrected chi connectivity index (χ4v) is 5.10. The second-order valence-corrected chi connectivity index (χ2v) is 9.38. The van der Waals surface area contributed by atoms with Gasteiger partial charge < -0.3 is 9.47 Å². The summed E-state index contributed by atoms with van der Waals surface area (Å²) in [4.78, 5) is 20.3. The quantitative estimate of drug-likeness (QED) is 0.508. The zero-order valence-electron chi connectivity index (χ0n) is 17.9. The number of fused-ring (bicyclic) bond motifs is 3. The minimum atomic E-state index is -3.24. The molecule has 5 rings (SSSR count). The molecular formula is C24H19BrF3N5O. The Labute approximate surface area is 202 Å². The molecule has 0 amide bonds. The highest BCUT2D eigenvalue weighted by atomic mass is 79.9. The van der Waals surface area contributed by atoms with Crippen molar-refractivity contribution in [2.24, 2.45) is 0 Å². The van der Waals surface area contributed by atoms with Crippen molar-refractivity contribution in [3.8, 4) is 6.07 Å². The third kappa shape index (κ3) is 4.10. The number of halogens is 4. The number of hydrogen-bond acceptors (Lipinski definition) is 5. The highest BCUT2D eigenvalue weighted by molar-refractivity contribution is 9.10. The summed E-state index contributed by atoms with van der Waals surface area (Å²) in [5.41, 5.74) is 1.02. The number of hydrogen-bond donors (Lipinski definition) is 0. The lowest BCUT2D eigenvalue weighted by Gasteiger charge is -2.35. The molecule has 34 heavy (non-hydrogen) atoms. The first kappa shape index (κ1) is 22.6. The number of anilines is 1. The van der Waals surface area contributed by atoms with Crippen LogP contribution in [0.2, 0.25) is 0 Å². The Kier molecular flexibility index (Phi) is 5.70. The van der Waals surface area contributed by atoms with Gasteiger partial charge in [-0.15, -0.1) is 0 Å². The van der Waals surface area contributed by atoms with Gasteiger partial charge in [0.1, 0.15) is 11.5 Å². The fourth-order valence-electron chi connectivity index (χ4n) is 4.67. The van der Waals surface area contributed by atoms with E-state index in [1.165, 1.54) is 15.5 Å². The third-order valence-electron chi connectivity index (χ3n) is 6.10. The number of rotatable bonds is 4. The first-order chi connectivity index (χ1) is 16.2. The van der Waals surface area contributed by atoms with E-state index in [4.69, 9.17) is 5.26 Å². The Hall–Kier alpha value is -3.16. The van der Waals surface area contributed by atoms with E-state index in [1.54, 1.807) is 41.3 Å². The summed E-state index contributed by atoms with van der Waals surface area (Å²) >= 11 is 3.16. The largest absolute Gasteiger partial charge is 0.336 e. The molecule has 6 nitrogen and oxygen atoms in total. The molecule has 2 aliphatic rings. The SMILES string of the molecule is N#Cc1cccc(CN2Cc3c(n4c(nc3=O)N(Cc3ccc(F)c(Br)c3)CC4)C(F)(F)C2)c1. The van der Waals surface area contributed by atoms with Gasteiger partial charge in [-0.25, -0.2) is 4.39 Å². The molecule has 0 radical (unpaired) electrons. The maximum Gasteiger partial charge on any atom is 0.300 e. The summed E-state index contributed by atoms with van der Waals surface area (Å²) in [7, 11) is 0. The van der Waals surface area contributed by atoms with Gasteiger partial charge in [0, 0.05) is 32.7 Å². The van der Waals surface area contributed by atoms with Gasteiger partial charge in [0.15, 0.2) is 0 Å². The summed E-state index contributed by atoms with van der Waals surface area (Å²) in [6, 6.07) is 13.4. The summed E-state index contributed by atoms with van der Waals surface area (Å²) in [6.45, 7) is 0.726. The van der Waals surface area contributed by atoms with E-state index in [9.17, 15) is 9.18 Å². The van der Waals surface area contributed by atoms with Crippen LogP contribution in [-0.4, -0.2) is 27.5 Å². The van der Waals surface area contributed by atoms with Crippen LogP contribution in [0, 0.1) is 17.1 Å². The number of benzene rings is 2. The van der Waals surface area contributed by atoms with E-state index in [2.05, 4.69) is 20.9 Å². The van der Waals surface area contributed by atoms with E-state index in [0.717, 1.165) is 11.1 Å². The molecule has 0 saturated carbocycles. The normalized spacial score (nSPS) is 16.7. The van der Waals surface area contributed by atoms with Crippen LogP contribution < -0.4 is 10.5 Å². The monoisotopic (exact) mass is 529 g/mol. The highest BCUT2D eigenvalue weighted by Gasteiger charge is 2.46. The van der Waals surface area contributed by atoms with Gasteiger partial charge in [-0.3, -0.25) is 9.69 Å². The topological polar surface area (TPSA) is 65.2 Å². The van der Waals surface area contributed by atoms with E-state index in [1.807, 2.05) is 6.07 Å². The molecule has 0 aliphatic carbocycles. The average Bonchev–Trinajstić information content (AvgIpc) is 3.17. The molecular weight excluding hydrogens is 511 g/mol. The molecule has 3 aromatic rings. The fraction of sp³-hybridized carbons (Fsp3) is 0.292. The van der Waals surface area contributed by atoms with Crippen LogP contribution in [0.4, 0.5) is 19.1 Å². The lowest BCUT2D eigenvalue weighted by atomic mass is 10.0. The Morgan fingerprint density at radius 2 is 1.91 bits per heavy atom. The Bertz CT molecular complexity index is 1380. The molecule has 3 heterocycles. The first-order valence-electron chi connectivity index (χ1n) is 10.7. The second kappa shape index (κ2) is 8.56. The Morgan fingerprint density at radius 1 is 1.12 bits per heavy atom. The van der Waals surface area contributed by atoms with Crippen molar-refractivity contribution in [1.29, 1.82) is 5.26 Å². The molecule has 0 fully saturated rings. The highest BCUT2D eigenvalue weighted by Crippen LogP contribution is 2.38. The van der Waals surface area contributed by atoms with Gasteiger partial charge in [0.25, 0.3) is 5.56 Å².